The molecule has 0 saturated heterocycles. The summed E-state index contributed by atoms with van der Waals surface area (Å²) < 4.78 is 27.9. The molecule has 1 aliphatic rings. The SMILES string of the molecule is CCCCNC(=O)[C@H](C)N(Cc1c(Cl)cccc1Cl)C(=O)CCCN1c2cccc3cccc(c23)S1(=O)=O. The molecule has 2 amide bonds. The van der Waals surface area contributed by atoms with E-state index in [0.29, 0.717) is 33.2 Å². The largest absolute Gasteiger partial charge is 0.354 e. The first-order valence-corrected chi connectivity index (χ1v) is 14.9. The summed E-state index contributed by atoms with van der Waals surface area (Å²) in [5, 5.41) is 5.25. The highest BCUT2D eigenvalue weighted by Gasteiger charge is 2.35. The third kappa shape index (κ3) is 5.63. The zero-order valence-corrected chi connectivity index (χ0v) is 23.7. The second kappa shape index (κ2) is 11.9. The number of rotatable bonds is 11. The molecule has 0 fully saturated rings. The topological polar surface area (TPSA) is 86.8 Å². The lowest BCUT2D eigenvalue weighted by molar-refractivity contribution is -0.140. The molecule has 38 heavy (non-hydrogen) atoms. The molecule has 0 aliphatic carbocycles. The van der Waals surface area contributed by atoms with E-state index < -0.39 is 16.1 Å². The van der Waals surface area contributed by atoms with Crippen LogP contribution in [0.3, 0.4) is 0 Å². The number of carbonyl (C=O) groups excluding carboxylic acids is 2. The third-order valence-corrected chi connectivity index (χ3v) is 9.38. The average molecular weight is 577 g/mol. The van der Waals surface area contributed by atoms with Gasteiger partial charge in [0, 0.05) is 47.1 Å². The Morgan fingerprint density at radius 2 is 1.66 bits per heavy atom. The van der Waals surface area contributed by atoms with Crippen molar-refractivity contribution >= 4 is 61.5 Å². The van der Waals surface area contributed by atoms with Crippen LogP contribution in [-0.2, 0) is 26.2 Å². The van der Waals surface area contributed by atoms with Gasteiger partial charge >= 0.3 is 0 Å². The number of nitrogens with one attached hydrogen (secondary N) is 1. The van der Waals surface area contributed by atoms with Gasteiger partial charge in [0.2, 0.25) is 11.8 Å². The zero-order chi connectivity index (χ0) is 27.4. The van der Waals surface area contributed by atoms with Gasteiger partial charge in [-0.2, -0.15) is 0 Å². The Balaban J connectivity index is 1.51. The fourth-order valence-corrected chi connectivity index (χ4v) is 6.95. The minimum Gasteiger partial charge on any atom is -0.354 e. The van der Waals surface area contributed by atoms with E-state index in [-0.39, 0.29) is 42.6 Å². The van der Waals surface area contributed by atoms with Crippen LogP contribution in [0.2, 0.25) is 10.0 Å². The van der Waals surface area contributed by atoms with E-state index in [0.717, 1.165) is 18.2 Å². The molecule has 1 N–H and O–H groups in total. The van der Waals surface area contributed by atoms with Crippen molar-refractivity contribution in [2.24, 2.45) is 0 Å². The van der Waals surface area contributed by atoms with E-state index in [1.54, 1.807) is 43.3 Å². The number of hydrogen-bond donors (Lipinski definition) is 1. The standard InChI is InChI=1S/C28H31Cl2N3O4S/c1-3-4-16-31-28(35)19(2)32(18-21-22(29)11-7-12-23(21)30)26(34)15-8-17-33-24-13-5-9-20-10-6-14-25(27(20)24)38(33,36)37/h5-7,9-14,19H,3-4,8,15-18H2,1-2H3,(H,31,35)/t19-/m0/s1. The summed E-state index contributed by atoms with van der Waals surface area (Å²) in [5.74, 6) is -0.550. The van der Waals surface area contributed by atoms with Gasteiger partial charge in [-0.25, -0.2) is 8.42 Å². The fraction of sp³-hybridized carbons (Fsp3) is 0.357. The maximum Gasteiger partial charge on any atom is 0.265 e. The van der Waals surface area contributed by atoms with Crippen molar-refractivity contribution in [2.75, 3.05) is 17.4 Å². The van der Waals surface area contributed by atoms with Crippen molar-refractivity contribution in [3.8, 4) is 0 Å². The molecule has 3 aromatic carbocycles. The van der Waals surface area contributed by atoms with E-state index >= 15 is 0 Å². The van der Waals surface area contributed by atoms with Crippen molar-refractivity contribution in [3.63, 3.8) is 0 Å². The van der Waals surface area contributed by atoms with Crippen LogP contribution in [0.25, 0.3) is 10.8 Å². The van der Waals surface area contributed by atoms with E-state index in [2.05, 4.69) is 5.32 Å². The van der Waals surface area contributed by atoms with Crippen LogP contribution < -0.4 is 9.62 Å². The van der Waals surface area contributed by atoms with Gasteiger partial charge in [-0.3, -0.25) is 13.9 Å². The molecular formula is C28H31Cl2N3O4S. The van der Waals surface area contributed by atoms with Gasteiger partial charge in [0.05, 0.1) is 10.6 Å². The summed E-state index contributed by atoms with van der Waals surface area (Å²) in [7, 11) is -3.71. The second-order valence-electron chi connectivity index (χ2n) is 9.35. The summed E-state index contributed by atoms with van der Waals surface area (Å²) >= 11 is 12.7. The highest BCUT2D eigenvalue weighted by molar-refractivity contribution is 7.93. The molecule has 1 atom stereocenters. The Hall–Kier alpha value is -2.81. The monoisotopic (exact) mass is 575 g/mol. The number of anilines is 1. The minimum absolute atomic E-state index is 0.0486. The number of amides is 2. The first-order valence-electron chi connectivity index (χ1n) is 12.7. The lowest BCUT2D eigenvalue weighted by Gasteiger charge is -2.30. The van der Waals surface area contributed by atoms with Crippen molar-refractivity contribution in [3.05, 3.63) is 70.2 Å². The molecular weight excluding hydrogens is 545 g/mol. The van der Waals surface area contributed by atoms with E-state index in [1.807, 2.05) is 25.1 Å². The Bertz CT molecular complexity index is 1440. The number of benzene rings is 3. The molecule has 0 aromatic heterocycles. The molecule has 202 valence electrons. The first kappa shape index (κ1) is 28.2. The van der Waals surface area contributed by atoms with Crippen LogP contribution in [0.15, 0.2) is 59.5 Å². The normalized spacial score (nSPS) is 14.5. The summed E-state index contributed by atoms with van der Waals surface area (Å²) in [6.45, 7) is 4.43. The van der Waals surface area contributed by atoms with Crippen LogP contribution in [0.1, 0.15) is 45.1 Å². The molecule has 1 heterocycles. The third-order valence-electron chi connectivity index (χ3n) is 6.82. The number of carbonyl (C=O) groups is 2. The number of nitrogens with zero attached hydrogens (tertiary/aromatic N) is 2. The molecule has 0 spiro atoms. The van der Waals surface area contributed by atoms with Crippen LogP contribution in [0.4, 0.5) is 5.69 Å². The van der Waals surface area contributed by atoms with E-state index in [4.69, 9.17) is 23.2 Å². The Kier molecular flexibility index (Phi) is 8.85. The van der Waals surface area contributed by atoms with Crippen LogP contribution >= 0.6 is 23.2 Å². The van der Waals surface area contributed by atoms with Gasteiger partial charge < -0.3 is 10.2 Å². The first-order chi connectivity index (χ1) is 18.2. The Morgan fingerprint density at radius 1 is 1.00 bits per heavy atom. The van der Waals surface area contributed by atoms with Gasteiger partial charge in [0.15, 0.2) is 0 Å². The van der Waals surface area contributed by atoms with Gasteiger partial charge in [-0.15, -0.1) is 0 Å². The van der Waals surface area contributed by atoms with E-state index in [9.17, 15) is 18.0 Å². The molecule has 0 saturated carbocycles. The minimum atomic E-state index is -3.71. The highest BCUT2D eigenvalue weighted by Crippen LogP contribution is 2.42. The van der Waals surface area contributed by atoms with E-state index in [1.165, 1.54) is 9.21 Å². The van der Waals surface area contributed by atoms with Crippen molar-refractivity contribution < 1.29 is 18.0 Å². The summed E-state index contributed by atoms with van der Waals surface area (Å²) in [6.07, 6.45) is 2.10. The molecule has 0 bridgehead atoms. The smallest absolute Gasteiger partial charge is 0.265 e. The Morgan fingerprint density at radius 3 is 2.34 bits per heavy atom. The van der Waals surface area contributed by atoms with Gasteiger partial charge in [-0.05, 0) is 49.4 Å². The lowest BCUT2D eigenvalue weighted by Crippen LogP contribution is -2.48. The quantitative estimate of drug-likeness (QED) is 0.294. The molecule has 7 nitrogen and oxygen atoms in total. The highest BCUT2D eigenvalue weighted by atomic mass is 35.5. The molecule has 0 unspecified atom stereocenters. The Labute approximate surface area is 233 Å². The van der Waals surface area contributed by atoms with Gasteiger partial charge in [0.25, 0.3) is 10.0 Å². The molecule has 10 heteroatoms. The summed E-state index contributed by atoms with van der Waals surface area (Å²) in [4.78, 5) is 28.1. The van der Waals surface area contributed by atoms with Crippen molar-refractivity contribution in [1.29, 1.82) is 0 Å². The van der Waals surface area contributed by atoms with Crippen LogP contribution in [0, 0.1) is 0 Å². The molecule has 1 aliphatic heterocycles. The van der Waals surface area contributed by atoms with Crippen LogP contribution in [0.5, 0.6) is 0 Å². The maximum atomic E-state index is 13.5. The number of halogens is 2. The fourth-order valence-electron chi connectivity index (χ4n) is 4.69. The average Bonchev–Trinajstić information content (AvgIpc) is 3.11. The number of sulfonamides is 1. The zero-order valence-electron chi connectivity index (χ0n) is 21.4. The maximum absolute atomic E-state index is 13.5. The summed E-state index contributed by atoms with van der Waals surface area (Å²) in [6, 6.07) is 15.1. The molecule has 0 radical (unpaired) electrons. The molecule has 4 rings (SSSR count). The predicted molar refractivity (Wildman–Crippen MR) is 152 cm³/mol. The van der Waals surface area contributed by atoms with Gasteiger partial charge in [0.1, 0.15) is 6.04 Å². The number of hydrogen-bond acceptors (Lipinski definition) is 4. The van der Waals surface area contributed by atoms with Gasteiger partial charge in [-0.1, -0.05) is 66.9 Å². The number of unbranched alkanes of at least 4 members (excludes halogenated alkanes) is 1. The van der Waals surface area contributed by atoms with Crippen LogP contribution in [-0.4, -0.2) is 44.3 Å². The lowest BCUT2D eigenvalue weighted by atomic mass is 10.1. The summed E-state index contributed by atoms with van der Waals surface area (Å²) in [5.41, 5.74) is 1.18. The molecule has 3 aromatic rings. The predicted octanol–water partition coefficient (Wildman–Crippen LogP) is 5.77. The van der Waals surface area contributed by atoms with Crippen molar-refractivity contribution in [2.45, 2.75) is 57.0 Å². The van der Waals surface area contributed by atoms with Crippen molar-refractivity contribution in [1.82, 2.24) is 10.2 Å². The second-order valence-corrected chi connectivity index (χ2v) is 12.0.